The summed E-state index contributed by atoms with van der Waals surface area (Å²) in [5, 5.41) is 0. The average Bonchev–Trinajstić information content (AvgIpc) is 2.34. The smallest absolute Gasteiger partial charge is 0.222 e. The van der Waals surface area contributed by atoms with Gasteiger partial charge in [-0.3, -0.25) is 0 Å². The quantitative estimate of drug-likeness (QED) is 0.821. The Kier molecular flexibility index (Phi) is 2.78. The van der Waals surface area contributed by atoms with E-state index in [0.717, 1.165) is 0 Å². The fraction of sp³-hybridized carbons (Fsp3) is 0.0909. The Balaban J connectivity index is 2.52. The summed E-state index contributed by atoms with van der Waals surface area (Å²) in [6.07, 6.45) is 0. The fourth-order valence-electron chi connectivity index (χ4n) is 1.42. The first-order valence-electron chi connectivity index (χ1n) is 4.84. The van der Waals surface area contributed by atoms with Gasteiger partial charge < -0.3 is 16.2 Å². The molecule has 2 rings (SSSR count). The summed E-state index contributed by atoms with van der Waals surface area (Å²) in [6, 6.07) is 6.73. The summed E-state index contributed by atoms with van der Waals surface area (Å²) < 4.78 is 18.7. The second kappa shape index (κ2) is 4.25. The van der Waals surface area contributed by atoms with E-state index in [1.165, 1.54) is 0 Å². The van der Waals surface area contributed by atoms with E-state index in [2.05, 4.69) is 9.97 Å². The fourth-order valence-corrected chi connectivity index (χ4v) is 1.42. The molecule has 5 nitrogen and oxygen atoms in total. The van der Waals surface area contributed by atoms with Crippen LogP contribution in [0.3, 0.4) is 0 Å². The van der Waals surface area contributed by atoms with Gasteiger partial charge in [-0.15, -0.1) is 0 Å². The molecule has 0 amide bonds. The number of nitrogens with zero attached hydrogens (tertiary/aromatic N) is 2. The van der Waals surface area contributed by atoms with Crippen molar-refractivity contribution in [1.29, 1.82) is 0 Å². The molecule has 6 heteroatoms. The molecule has 0 unspecified atom stereocenters. The van der Waals surface area contributed by atoms with Gasteiger partial charge in [0.2, 0.25) is 5.95 Å². The maximum absolute atomic E-state index is 13.7. The third-order valence-corrected chi connectivity index (χ3v) is 2.26. The van der Waals surface area contributed by atoms with Gasteiger partial charge in [0.1, 0.15) is 11.4 Å². The Labute approximate surface area is 97.3 Å². The topological polar surface area (TPSA) is 87.0 Å². The molecular weight excluding hydrogens is 223 g/mol. The van der Waals surface area contributed by atoms with Gasteiger partial charge in [0.05, 0.1) is 7.11 Å². The van der Waals surface area contributed by atoms with Crippen LogP contribution in [0.5, 0.6) is 5.75 Å². The first-order chi connectivity index (χ1) is 8.11. The number of hydrogen-bond acceptors (Lipinski definition) is 5. The van der Waals surface area contributed by atoms with Crippen LogP contribution in [0, 0.1) is 5.82 Å². The second-order valence-corrected chi connectivity index (χ2v) is 3.36. The Morgan fingerprint density at radius 2 is 1.76 bits per heavy atom. The van der Waals surface area contributed by atoms with E-state index in [4.69, 9.17) is 16.2 Å². The average molecular weight is 234 g/mol. The van der Waals surface area contributed by atoms with Crippen molar-refractivity contribution in [2.75, 3.05) is 18.6 Å². The summed E-state index contributed by atoms with van der Waals surface area (Å²) in [4.78, 5) is 7.37. The molecule has 0 atom stereocenters. The number of methoxy groups -OCH3 is 1. The summed E-state index contributed by atoms with van der Waals surface area (Å²) in [5.41, 5.74) is 11.5. The van der Waals surface area contributed by atoms with Crippen LogP contribution in [-0.4, -0.2) is 17.1 Å². The molecule has 0 saturated heterocycles. The van der Waals surface area contributed by atoms with Crippen molar-refractivity contribution < 1.29 is 9.13 Å². The number of aromatic nitrogens is 2. The molecule has 4 N–H and O–H groups in total. The number of halogens is 1. The molecular formula is C11H11FN4O. The third kappa shape index (κ3) is 2.10. The van der Waals surface area contributed by atoms with Crippen LogP contribution in [-0.2, 0) is 0 Å². The molecule has 88 valence electrons. The molecule has 2 aromatic rings. The van der Waals surface area contributed by atoms with Gasteiger partial charge in [-0.05, 0) is 24.3 Å². The van der Waals surface area contributed by atoms with E-state index >= 15 is 0 Å². The minimum absolute atomic E-state index is 0.0604. The Bertz CT molecular complexity index is 542. The molecule has 17 heavy (non-hydrogen) atoms. The van der Waals surface area contributed by atoms with Crippen molar-refractivity contribution in [3.63, 3.8) is 0 Å². The van der Waals surface area contributed by atoms with Crippen LogP contribution in [0.4, 0.5) is 16.2 Å². The number of rotatable bonds is 2. The molecule has 0 aliphatic carbocycles. The van der Waals surface area contributed by atoms with Gasteiger partial charge in [-0.1, -0.05) is 0 Å². The van der Waals surface area contributed by atoms with Crippen LogP contribution in [0.2, 0.25) is 0 Å². The second-order valence-electron chi connectivity index (χ2n) is 3.36. The molecule has 0 saturated carbocycles. The summed E-state index contributed by atoms with van der Waals surface area (Å²) >= 11 is 0. The number of nitrogens with two attached hydrogens (primary N) is 2. The van der Waals surface area contributed by atoms with Crippen LogP contribution in [0.1, 0.15) is 0 Å². The highest BCUT2D eigenvalue weighted by molar-refractivity contribution is 5.65. The standard InChI is InChI=1S/C11H11FN4O/c1-17-7-4-2-6(3-5-7)9-8(12)10(13)16-11(14)15-9/h2-5H,1H3,(H4,13,14,15,16). The van der Waals surface area contributed by atoms with Crippen molar-refractivity contribution >= 4 is 11.8 Å². The van der Waals surface area contributed by atoms with E-state index in [-0.39, 0.29) is 17.5 Å². The zero-order chi connectivity index (χ0) is 12.4. The van der Waals surface area contributed by atoms with Crippen LogP contribution < -0.4 is 16.2 Å². The maximum atomic E-state index is 13.7. The van der Waals surface area contributed by atoms with Crippen LogP contribution in [0.15, 0.2) is 24.3 Å². The van der Waals surface area contributed by atoms with E-state index < -0.39 is 5.82 Å². The predicted molar refractivity (Wildman–Crippen MR) is 62.8 cm³/mol. The van der Waals surface area contributed by atoms with Gasteiger partial charge in [0, 0.05) is 5.56 Å². The highest BCUT2D eigenvalue weighted by atomic mass is 19.1. The third-order valence-electron chi connectivity index (χ3n) is 2.26. The molecule has 0 bridgehead atoms. The normalized spacial score (nSPS) is 10.2. The van der Waals surface area contributed by atoms with Crippen molar-refractivity contribution in [2.45, 2.75) is 0 Å². The van der Waals surface area contributed by atoms with Crippen molar-refractivity contribution in [3.05, 3.63) is 30.1 Å². The predicted octanol–water partition coefficient (Wildman–Crippen LogP) is 1.46. The lowest BCUT2D eigenvalue weighted by atomic mass is 10.1. The summed E-state index contributed by atoms with van der Waals surface area (Å²) in [7, 11) is 1.55. The molecule has 1 heterocycles. The zero-order valence-corrected chi connectivity index (χ0v) is 9.14. The number of benzene rings is 1. The minimum Gasteiger partial charge on any atom is -0.497 e. The largest absolute Gasteiger partial charge is 0.497 e. The van der Waals surface area contributed by atoms with E-state index in [1.807, 2.05) is 0 Å². The van der Waals surface area contributed by atoms with Crippen molar-refractivity contribution in [1.82, 2.24) is 9.97 Å². The van der Waals surface area contributed by atoms with Crippen LogP contribution in [0.25, 0.3) is 11.3 Å². The number of nitrogen functional groups attached to an aromatic ring is 2. The Hall–Kier alpha value is -2.37. The molecule has 1 aromatic carbocycles. The number of hydrogen-bond donors (Lipinski definition) is 2. The molecule has 0 spiro atoms. The van der Waals surface area contributed by atoms with Crippen molar-refractivity contribution in [3.8, 4) is 17.0 Å². The first-order valence-corrected chi connectivity index (χ1v) is 4.84. The minimum atomic E-state index is -0.677. The lowest BCUT2D eigenvalue weighted by Gasteiger charge is -2.06. The van der Waals surface area contributed by atoms with Gasteiger partial charge in [0.25, 0.3) is 0 Å². The lowest BCUT2D eigenvalue weighted by molar-refractivity contribution is 0.415. The van der Waals surface area contributed by atoms with Crippen molar-refractivity contribution in [2.24, 2.45) is 0 Å². The number of anilines is 2. The molecule has 0 aliphatic heterocycles. The van der Waals surface area contributed by atoms with Gasteiger partial charge in [-0.25, -0.2) is 9.37 Å². The Morgan fingerprint density at radius 3 is 2.35 bits per heavy atom. The van der Waals surface area contributed by atoms with Gasteiger partial charge in [-0.2, -0.15) is 4.98 Å². The Morgan fingerprint density at radius 1 is 1.12 bits per heavy atom. The molecule has 0 radical (unpaired) electrons. The SMILES string of the molecule is COc1ccc(-c2nc(N)nc(N)c2F)cc1. The molecule has 0 aliphatic rings. The van der Waals surface area contributed by atoms with Gasteiger partial charge in [0.15, 0.2) is 11.6 Å². The van der Waals surface area contributed by atoms with Gasteiger partial charge >= 0.3 is 0 Å². The highest BCUT2D eigenvalue weighted by Crippen LogP contribution is 2.25. The summed E-state index contributed by atoms with van der Waals surface area (Å²) in [6.45, 7) is 0. The molecule has 0 fully saturated rings. The van der Waals surface area contributed by atoms with E-state index in [1.54, 1.807) is 31.4 Å². The van der Waals surface area contributed by atoms with E-state index in [9.17, 15) is 4.39 Å². The number of ether oxygens (including phenoxy) is 1. The maximum Gasteiger partial charge on any atom is 0.222 e. The van der Waals surface area contributed by atoms with E-state index in [0.29, 0.717) is 11.3 Å². The first kappa shape index (κ1) is 11.1. The highest BCUT2D eigenvalue weighted by Gasteiger charge is 2.12. The summed E-state index contributed by atoms with van der Waals surface area (Å²) in [5.74, 6) is -0.327. The lowest BCUT2D eigenvalue weighted by Crippen LogP contribution is -2.05. The van der Waals surface area contributed by atoms with Crippen LogP contribution >= 0.6 is 0 Å². The molecule has 1 aromatic heterocycles. The zero-order valence-electron chi connectivity index (χ0n) is 9.14. The monoisotopic (exact) mass is 234 g/mol.